The average Bonchev–Trinajstić information content (AvgIpc) is 2.62. The molecule has 0 saturated carbocycles. The van der Waals surface area contributed by atoms with Gasteiger partial charge in [-0.25, -0.2) is 4.68 Å². The van der Waals surface area contributed by atoms with Gasteiger partial charge < -0.3 is 5.11 Å². The van der Waals surface area contributed by atoms with E-state index in [9.17, 15) is 18.3 Å². The molecule has 0 unspecified atom stereocenters. The highest BCUT2D eigenvalue weighted by molar-refractivity contribution is 5.20. The van der Waals surface area contributed by atoms with E-state index in [1.54, 1.807) is 30.3 Å². The van der Waals surface area contributed by atoms with Gasteiger partial charge in [-0.1, -0.05) is 30.3 Å². The van der Waals surface area contributed by atoms with E-state index in [1.807, 2.05) is 0 Å². The Kier molecular flexibility index (Phi) is 2.79. The zero-order chi connectivity index (χ0) is 12.5. The minimum absolute atomic E-state index is 0.1000. The first-order valence-corrected chi connectivity index (χ1v) is 4.85. The number of hydrogen-bond acceptors (Lipinski definition) is 2. The molecule has 0 fully saturated rings. The molecule has 2 aromatic rings. The molecular weight excluding hydrogens is 233 g/mol. The minimum atomic E-state index is -4.54. The summed E-state index contributed by atoms with van der Waals surface area (Å²) in [6.07, 6.45) is -4.54. The molecule has 1 heterocycles. The number of alkyl halides is 3. The van der Waals surface area contributed by atoms with Gasteiger partial charge in [0.15, 0.2) is 5.69 Å². The lowest BCUT2D eigenvalue weighted by Gasteiger charge is -2.03. The summed E-state index contributed by atoms with van der Waals surface area (Å²) in [6, 6.07) is 9.43. The topological polar surface area (TPSA) is 38.1 Å². The monoisotopic (exact) mass is 242 g/mol. The fraction of sp³-hybridized carbons (Fsp3) is 0.182. The highest BCUT2D eigenvalue weighted by Crippen LogP contribution is 2.30. The van der Waals surface area contributed by atoms with Crippen molar-refractivity contribution in [2.75, 3.05) is 0 Å². The summed E-state index contributed by atoms with van der Waals surface area (Å²) >= 11 is 0. The molecule has 6 heteroatoms. The van der Waals surface area contributed by atoms with Gasteiger partial charge in [-0.2, -0.15) is 18.3 Å². The third kappa shape index (κ3) is 2.58. The summed E-state index contributed by atoms with van der Waals surface area (Å²) in [7, 11) is 0. The summed E-state index contributed by atoms with van der Waals surface area (Å²) < 4.78 is 37.9. The van der Waals surface area contributed by atoms with Crippen LogP contribution in [0.4, 0.5) is 13.2 Å². The fourth-order valence-corrected chi connectivity index (χ4v) is 1.42. The Labute approximate surface area is 95.1 Å². The first-order chi connectivity index (χ1) is 7.97. The molecule has 0 spiro atoms. The van der Waals surface area contributed by atoms with Gasteiger partial charge in [0, 0.05) is 6.07 Å². The predicted octanol–water partition coefficient (Wildman–Crippen LogP) is 2.66. The summed E-state index contributed by atoms with van der Waals surface area (Å²) in [5.74, 6) is -0.499. The molecule has 17 heavy (non-hydrogen) atoms. The van der Waals surface area contributed by atoms with Gasteiger partial charge in [0.05, 0.1) is 6.54 Å². The van der Waals surface area contributed by atoms with Gasteiger partial charge in [0.25, 0.3) is 0 Å². The third-order valence-corrected chi connectivity index (χ3v) is 2.22. The van der Waals surface area contributed by atoms with Gasteiger partial charge in [-0.3, -0.25) is 0 Å². The standard InChI is InChI=1S/C11H9F3N2O/c12-11(13,14)9-6-10(17)16(15-9)7-8-4-2-1-3-5-8/h1-6,17H,7H2. The van der Waals surface area contributed by atoms with Crippen LogP contribution in [0.15, 0.2) is 36.4 Å². The minimum Gasteiger partial charge on any atom is -0.493 e. The molecule has 90 valence electrons. The molecule has 0 bridgehead atoms. The molecule has 1 aromatic heterocycles. The molecule has 3 nitrogen and oxygen atoms in total. The van der Waals surface area contributed by atoms with E-state index in [0.29, 0.717) is 6.07 Å². The zero-order valence-electron chi connectivity index (χ0n) is 8.65. The van der Waals surface area contributed by atoms with Gasteiger partial charge >= 0.3 is 6.18 Å². The van der Waals surface area contributed by atoms with Crippen LogP contribution in [0.3, 0.4) is 0 Å². The van der Waals surface area contributed by atoms with Crippen LogP contribution < -0.4 is 0 Å². The molecule has 0 amide bonds. The van der Waals surface area contributed by atoms with Crippen LogP contribution in [0.25, 0.3) is 0 Å². The van der Waals surface area contributed by atoms with Crippen molar-refractivity contribution in [1.29, 1.82) is 0 Å². The van der Waals surface area contributed by atoms with Crippen molar-refractivity contribution in [3.63, 3.8) is 0 Å². The van der Waals surface area contributed by atoms with E-state index in [1.165, 1.54) is 0 Å². The fourth-order valence-electron chi connectivity index (χ4n) is 1.42. The van der Waals surface area contributed by atoms with Crippen molar-refractivity contribution in [3.05, 3.63) is 47.7 Å². The highest BCUT2D eigenvalue weighted by atomic mass is 19.4. The SMILES string of the molecule is Oc1cc(C(F)(F)F)nn1Cc1ccccc1. The quantitative estimate of drug-likeness (QED) is 0.879. The first-order valence-electron chi connectivity index (χ1n) is 4.85. The van der Waals surface area contributed by atoms with E-state index >= 15 is 0 Å². The largest absolute Gasteiger partial charge is 0.493 e. The van der Waals surface area contributed by atoms with Gasteiger partial charge in [0.2, 0.25) is 5.88 Å². The average molecular weight is 242 g/mol. The molecule has 0 aliphatic heterocycles. The van der Waals surface area contributed by atoms with Crippen molar-refractivity contribution in [1.82, 2.24) is 9.78 Å². The van der Waals surface area contributed by atoms with E-state index < -0.39 is 17.8 Å². The second-order valence-corrected chi connectivity index (χ2v) is 3.53. The normalized spacial score (nSPS) is 11.7. The molecule has 0 saturated heterocycles. The summed E-state index contributed by atoms with van der Waals surface area (Å²) in [6.45, 7) is 0.1000. The van der Waals surface area contributed by atoms with E-state index in [2.05, 4.69) is 5.10 Å². The van der Waals surface area contributed by atoms with Gasteiger partial charge in [0.1, 0.15) is 0 Å². The first kappa shape index (κ1) is 11.5. The lowest BCUT2D eigenvalue weighted by molar-refractivity contribution is -0.141. The maximum Gasteiger partial charge on any atom is 0.435 e. The van der Waals surface area contributed by atoms with Crippen LogP contribution in [-0.2, 0) is 12.7 Å². The molecule has 0 aliphatic carbocycles. The van der Waals surface area contributed by atoms with Crippen LogP contribution in [0.2, 0.25) is 0 Å². The summed E-state index contributed by atoms with van der Waals surface area (Å²) in [5, 5.41) is 12.7. The summed E-state index contributed by atoms with van der Waals surface area (Å²) in [5.41, 5.74) is -0.328. The van der Waals surface area contributed by atoms with E-state index in [0.717, 1.165) is 10.2 Å². The maximum absolute atomic E-state index is 12.3. The van der Waals surface area contributed by atoms with Crippen molar-refractivity contribution in [2.24, 2.45) is 0 Å². The molecule has 2 rings (SSSR count). The number of hydrogen-bond donors (Lipinski definition) is 1. The number of halogens is 3. The molecule has 1 N–H and O–H groups in total. The third-order valence-electron chi connectivity index (χ3n) is 2.22. The zero-order valence-corrected chi connectivity index (χ0v) is 8.65. The van der Waals surface area contributed by atoms with Crippen LogP contribution >= 0.6 is 0 Å². The Morgan fingerprint density at radius 3 is 2.35 bits per heavy atom. The maximum atomic E-state index is 12.3. The Hall–Kier alpha value is -1.98. The second kappa shape index (κ2) is 4.12. The number of aromatic nitrogens is 2. The molecule has 0 atom stereocenters. The smallest absolute Gasteiger partial charge is 0.435 e. The number of nitrogens with zero attached hydrogens (tertiary/aromatic N) is 2. The van der Waals surface area contributed by atoms with Crippen molar-refractivity contribution >= 4 is 0 Å². The lowest BCUT2D eigenvalue weighted by Crippen LogP contribution is -2.08. The Balaban J connectivity index is 2.26. The lowest BCUT2D eigenvalue weighted by atomic mass is 10.2. The van der Waals surface area contributed by atoms with Gasteiger partial charge in [-0.05, 0) is 5.56 Å². The van der Waals surface area contributed by atoms with E-state index in [4.69, 9.17) is 0 Å². The predicted molar refractivity (Wildman–Crippen MR) is 54.4 cm³/mol. The van der Waals surface area contributed by atoms with Crippen LogP contribution in [0.1, 0.15) is 11.3 Å². The number of rotatable bonds is 2. The second-order valence-electron chi connectivity index (χ2n) is 3.53. The van der Waals surface area contributed by atoms with Crippen molar-refractivity contribution < 1.29 is 18.3 Å². The highest BCUT2D eigenvalue weighted by Gasteiger charge is 2.34. The molecule has 1 aromatic carbocycles. The Morgan fingerprint density at radius 1 is 1.18 bits per heavy atom. The van der Waals surface area contributed by atoms with Crippen LogP contribution in [0, 0.1) is 0 Å². The van der Waals surface area contributed by atoms with Crippen molar-refractivity contribution in [2.45, 2.75) is 12.7 Å². The van der Waals surface area contributed by atoms with Crippen molar-refractivity contribution in [3.8, 4) is 5.88 Å². The van der Waals surface area contributed by atoms with Crippen LogP contribution in [-0.4, -0.2) is 14.9 Å². The Morgan fingerprint density at radius 2 is 1.82 bits per heavy atom. The van der Waals surface area contributed by atoms with Crippen LogP contribution in [0.5, 0.6) is 5.88 Å². The number of aromatic hydroxyl groups is 1. The number of benzene rings is 1. The summed E-state index contributed by atoms with van der Waals surface area (Å²) in [4.78, 5) is 0. The molecule has 0 aliphatic rings. The molecular formula is C11H9F3N2O. The molecule has 0 radical (unpaired) electrons. The van der Waals surface area contributed by atoms with E-state index in [-0.39, 0.29) is 6.54 Å². The Bertz CT molecular complexity index is 505. The van der Waals surface area contributed by atoms with Gasteiger partial charge in [-0.15, -0.1) is 0 Å².